The van der Waals surface area contributed by atoms with Crippen LogP contribution in [0, 0.1) is 11.7 Å². The fourth-order valence-electron chi connectivity index (χ4n) is 2.74. The first kappa shape index (κ1) is 13.3. The summed E-state index contributed by atoms with van der Waals surface area (Å²) in [5, 5.41) is 13.3. The van der Waals surface area contributed by atoms with Crippen LogP contribution in [0.5, 0.6) is 5.75 Å². The van der Waals surface area contributed by atoms with Gasteiger partial charge in [-0.05, 0) is 56.7 Å². The predicted octanol–water partition coefficient (Wildman–Crippen LogP) is 3.76. The number of phenols is 1. The van der Waals surface area contributed by atoms with Crippen molar-refractivity contribution in [2.45, 2.75) is 51.6 Å². The monoisotopic (exact) mass is 251 g/mol. The van der Waals surface area contributed by atoms with Crippen LogP contribution < -0.4 is 5.32 Å². The second-order valence-corrected chi connectivity index (χ2v) is 5.55. The van der Waals surface area contributed by atoms with Gasteiger partial charge >= 0.3 is 0 Å². The summed E-state index contributed by atoms with van der Waals surface area (Å²) < 4.78 is 13.2. The summed E-state index contributed by atoms with van der Waals surface area (Å²) >= 11 is 0. The molecule has 1 unspecified atom stereocenters. The largest absolute Gasteiger partial charge is 0.508 e. The van der Waals surface area contributed by atoms with E-state index in [0.717, 1.165) is 5.92 Å². The SMILES string of the molecule is CC1CCC(NC(C)c2cc(F)ccc2O)CC1. The van der Waals surface area contributed by atoms with Crippen molar-refractivity contribution < 1.29 is 9.50 Å². The summed E-state index contributed by atoms with van der Waals surface area (Å²) in [6.07, 6.45) is 4.84. The van der Waals surface area contributed by atoms with E-state index < -0.39 is 0 Å². The molecule has 1 aromatic rings. The van der Waals surface area contributed by atoms with Crippen LogP contribution in [-0.4, -0.2) is 11.1 Å². The molecule has 1 fully saturated rings. The molecule has 0 spiro atoms. The number of hydrogen-bond acceptors (Lipinski definition) is 2. The Balaban J connectivity index is 1.98. The molecule has 0 aliphatic heterocycles. The van der Waals surface area contributed by atoms with Crippen molar-refractivity contribution in [1.29, 1.82) is 0 Å². The maximum atomic E-state index is 13.2. The van der Waals surface area contributed by atoms with Crippen LogP contribution in [0.2, 0.25) is 0 Å². The topological polar surface area (TPSA) is 32.3 Å². The molecule has 1 saturated carbocycles. The molecule has 0 amide bonds. The molecule has 100 valence electrons. The van der Waals surface area contributed by atoms with Gasteiger partial charge in [0.2, 0.25) is 0 Å². The van der Waals surface area contributed by atoms with Crippen molar-refractivity contribution in [3.8, 4) is 5.75 Å². The number of benzene rings is 1. The third-order valence-corrected chi connectivity index (χ3v) is 3.96. The van der Waals surface area contributed by atoms with E-state index in [0.29, 0.717) is 11.6 Å². The summed E-state index contributed by atoms with van der Waals surface area (Å²) in [7, 11) is 0. The molecule has 2 nitrogen and oxygen atoms in total. The smallest absolute Gasteiger partial charge is 0.123 e. The maximum absolute atomic E-state index is 13.2. The molecule has 0 bridgehead atoms. The number of halogens is 1. The van der Waals surface area contributed by atoms with E-state index in [-0.39, 0.29) is 17.6 Å². The highest BCUT2D eigenvalue weighted by Gasteiger charge is 2.21. The Morgan fingerprint density at radius 2 is 1.94 bits per heavy atom. The molecule has 1 aliphatic rings. The second kappa shape index (κ2) is 5.70. The van der Waals surface area contributed by atoms with E-state index >= 15 is 0 Å². The van der Waals surface area contributed by atoms with Gasteiger partial charge in [-0.2, -0.15) is 0 Å². The van der Waals surface area contributed by atoms with Crippen LogP contribution >= 0.6 is 0 Å². The van der Waals surface area contributed by atoms with Gasteiger partial charge in [-0.25, -0.2) is 4.39 Å². The van der Waals surface area contributed by atoms with Gasteiger partial charge in [0.15, 0.2) is 0 Å². The highest BCUT2D eigenvalue weighted by atomic mass is 19.1. The lowest BCUT2D eigenvalue weighted by molar-refractivity contribution is 0.289. The fourth-order valence-corrected chi connectivity index (χ4v) is 2.74. The molecular formula is C15H22FNO. The number of aromatic hydroxyl groups is 1. The van der Waals surface area contributed by atoms with Crippen molar-refractivity contribution in [1.82, 2.24) is 5.32 Å². The van der Waals surface area contributed by atoms with Crippen LogP contribution in [0.15, 0.2) is 18.2 Å². The average Bonchev–Trinajstić information content (AvgIpc) is 2.35. The molecule has 0 radical (unpaired) electrons. The van der Waals surface area contributed by atoms with Gasteiger partial charge in [-0.3, -0.25) is 0 Å². The first-order valence-corrected chi connectivity index (χ1v) is 6.80. The molecule has 3 heteroatoms. The zero-order chi connectivity index (χ0) is 13.1. The van der Waals surface area contributed by atoms with Gasteiger partial charge in [-0.15, -0.1) is 0 Å². The molecule has 18 heavy (non-hydrogen) atoms. The predicted molar refractivity (Wildman–Crippen MR) is 71.0 cm³/mol. The van der Waals surface area contributed by atoms with Gasteiger partial charge in [0.05, 0.1) is 0 Å². The summed E-state index contributed by atoms with van der Waals surface area (Å²) in [4.78, 5) is 0. The van der Waals surface area contributed by atoms with Crippen LogP contribution in [0.3, 0.4) is 0 Å². The first-order valence-electron chi connectivity index (χ1n) is 6.80. The van der Waals surface area contributed by atoms with Crippen molar-refractivity contribution in [3.05, 3.63) is 29.6 Å². The van der Waals surface area contributed by atoms with E-state index in [2.05, 4.69) is 12.2 Å². The van der Waals surface area contributed by atoms with Crippen LogP contribution in [0.25, 0.3) is 0 Å². The lowest BCUT2D eigenvalue weighted by Gasteiger charge is -2.30. The minimum Gasteiger partial charge on any atom is -0.508 e. The van der Waals surface area contributed by atoms with Gasteiger partial charge in [0, 0.05) is 17.6 Å². The fraction of sp³-hybridized carbons (Fsp3) is 0.600. The van der Waals surface area contributed by atoms with Gasteiger partial charge in [0.1, 0.15) is 11.6 Å². The highest BCUT2D eigenvalue weighted by Crippen LogP contribution is 2.28. The highest BCUT2D eigenvalue weighted by molar-refractivity contribution is 5.34. The lowest BCUT2D eigenvalue weighted by atomic mass is 9.87. The summed E-state index contributed by atoms with van der Waals surface area (Å²) in [5.74, 6) is 0.690. The van der Waals surface area contributed by atoms with E-state index in [1.807, 2.05) is 6.92 Å². The number of nitrogens with one attached hydrogen (secondary N) is 1. The molecule has 0 saturated heterocycles. The van der Waals surface area contributed by atoms with Crippen molar-refractivity contribution in [2.75, 3.05) is 0 Å². The van der Waals surface area contributed by atoms with E-state index in [4.69, 9.17) is 0 Å². The zero-order valence-electron chi connectivity index (χ0n) is 11.1. The summed E-state index contributed by atoms with van der Waals surface area (Å²) in [6.45, 7) is 4.27. The Morgan fingerprint density at radius 3 is 2.61 bits per heavy atom. The van der Waals surface area contributed by atoms with Crippen molar-refractivity contribution >= 4 is 0 Å². The zero-order valence-corrected chi connectivity index (χ0v) is 11.1. The van der Waals surface area contributed by atoms with Crippen LogP contribution in [0.1, 0.15) is 51.1 Å². The number of rotatable bonds is 3. The number of phenolic OH excluding ortho intramolecular Hbond substituents is 1. The van der Waals surface area contributed by atoms with Crippen molar-refractivity contribution in [2.24, 2.45) is 5.92 Å². The molecule has 0 aromatic heterocycles. The second-order valence-electron chi connectivity index (χ2n) is 5.55. The van der Waals surface area contributed by atoms with E-state index in [1.54, 1.807) is 0 Å². The molecule has 1 aliphatic carbocycles. The molecule has 2 N–H and O–H groups in total. The quantitative estimate of drug-likeness (QED) is 0.857. The van der Waals surface area contributed by atoms with Gasteiger partial charge < -0.3 is 10.4 Å². The normalized spacial score (nSPS) is 25.9. The van der Waals surface area contributed by atoms with Crippen LogP contribution in [-0.2, 0) is 0 Å². The first-order chi connectivity index (χ1) is 8.56. The Hall–Kier alpha value is -1.09. The summed E-state index contributed by atoms with van der Waals surface area (Å²) in [6, 6.07) is 4.59. The molecule has 1 atom stereocenters. The summed E-state index contributed by atoms with van der Waals surface area (Å²) in [5.41, 5.74) is 0.647. The molecule has 2 rings (SSSR count). The van der Waals surface area contributed by atoms with E-state index in [1.165, 1.54) is 43.9 Å². The lowest BCUT2D eigenvalue weighted by Crippen LogP contribution is -2.34. The van der Waals surface area contributed by atoms with Crippen molar-refractivity contribution in [3.63, 3.8) is 0 Å². The minimum atomic E-state index is -0.297. The van der Waals surface area contributed by atoms with Gasteiger partial charge in [0.25, 0.3) is 0 Å². The van der Waals surface area contributed by atoms with Crippen LogP contribution in [0.4, 0.5) is 4.39 Å². The Bertz CT molecular complexity index is 399. The Kier molecular flexibility index (Phi) is 4.23. The minimum absolute atomic E-state index is 0.0147. The molecule has 1 aromatic carbocycles. The third-order valence-electron chi connectivity index (χ3n) is 3.96. The third kappa shape index (κ3) is 3.22. The molecule has 0 heterocycles. The van der Waals surface area contributed by atoms with Gasteiger partial charge in [-0.1, -0.05) is 6.92 Å². The average molecular weight is 251 g/mol. The number of hydrogen-bond donors (Lipinski definition) is 2. The standard InChI is InChI=1S/C15H22FNO/c1-10-3-6-13(7-4-10)17-11(2)14-9-12(16)5-8-15(14)18/h5,8-11,13,17-18H,3-4,6-7H2,1-2H3. The van der Waals surface area contributed by atoms with E-state index in [9.17, 15) is 9.50 Å². The Morgan fingerprint density at radius 1 is 1.28 bits per heavy atom. The maximum Gasteiger partial charge on any atom is 0.123 e. The Labute approximate surface area is 108 Å². The molecular weight excluding hydrogens is 229 g/mol.